The van der Waals surface area contributed by atoms with Gasteiger partial charge in [-0.3, -0.25) is 4.79 Å². The molecule has 18 heavy (non-hydrogen) atoms. The van der Waals surface area contributed by atoms with Gasteiger partial charge in [-0.1, -0.05) is 41.5 Å². The number of carbonyl (C=O) groups is 1. The first kappa shape index (κ1) is 17.2. The maximum absolute atomic E-state index is 12.4. The number of carbonyl (C=O) groups excluding carboxylic acids is 1. The molecular weight excluding hydrogens is 224 g/mol. The Balaban J connectivity index is 5.24. The average Bonchev–Trinajstić information content (AvgIpc) is 2.40. The lowest BCUT2D eigenvalue weighted by Gasteiger charge is -2.30. The molecule has 0 saturated heterocycles. The lowest BCUT2D eigenvalue weighted by atomic mass is 9.74. The van der Waals surface area contributed by atoms with Gasteiger partial charge < -0.3 is 5.11 Å². The topological polar surface area (TPSA) is 37.3 Å². The van der Waals surface area contributed by atoms with E-state index in [0.29, 0.717) is 0 Å². The number of hydrogen-bond acceptors (Lipinski definition) is 2. The standard InChI is InChI=1S/C16H30O2/c1-7-15(6,8-2)13(17)12-14(18)16(9-3,10-4)11-5/h12,17H,7-11H2,1-6H3/b13-12-. The van der Waals surface area contributed by atoms with Crippen molar-refractivity contribution in [3.8, 4) is 0 Å². The second-order valence-corrected chi connectivity index (χ2v) is 5.50. The van der Waals surface area contributed by atoms with Crippen molar-refractivity contribution in [3.05, 3.63) is 11.8 Å². The van der Waals surface area contributed by atoms with Gasteiger partial charge in [0.1, 0.15) is 5.76 Å². The van der Waals surface area contributed by atoms with Crippen LogP contribution in [-0.4, -0.2) is 10.9 Å². The summed E-state index contributed by atoms with van der Waals surface area (Å²) in [6.07, 6.45) is 5.67. The molecule has 0 unspecified atom stereocenters. The van der Waals surface area contributed by atoms with Crippen LogP contribution in [0, 0.1) is 10.8 Å². The Labute approximate surface area is 112 Å². The first-order valence-electron chi connectivity index (χ1n) is 7.31. The van der Waals surface area contributed by atoms with E-state index in [-0.39, 0.29) is 22.4 Å². The van der Waals surface area contributed by atoms with Crippen LogP contribution in [0.2, 0.25) is 0 Å². The van der Waals surface area contributed by atoms with E-state index in [1.54, 1.807) is 0 Å². The largest absolute Gasteiger partial charge is 0.512 e. The molecule has 0 fully saturated rings. The number of allylic oxidation sites excluding steroid dienone is 2. The Morgan fingerprint density at radius 1 is 0.944 bits per heavy atom. The summed E-state index contributed by atoms with van der Waals surface area (Å²) < 4.78 is 0. The molecular formula is C16H30O2. The van der Waals surface area contributed by atoms with Crippen LogP contribution < -0.4 is 0 Å². The molecule has 0 aromatic carbocycles. The number of rotatable bonds is 8. The van der Waals surface area contributed by atoms with Crippen LogP contribution in [0.1, 0.15) is 73.6 Å². The molecule has 2 heteroatoms. The van der Waals surface area contributed by atoms with E-state index in [9.17, 15) is 9.90 Å². The van der Waals surface area contributed by atoms with Gasteiger partial charge in [0, 0.05) is 16.9 Å². The van der Waals surface area contributed by atoms with Crippen LogP contribution in [0.15, 0.2) is 11.8 Å². The van der Waals surface area contributed by atoms with E-state index in [4.69, 9.17) is 0 Å². The van der Waals surface area contributed by atoms with E-state index < -0.39 is 0 Å². The van der Waals surface area contributed by atoms with Crippen molar-refractivity contribution in [2.75, 3.05) is 0 Å². The maximum atomic E-state index is 12.4. The van der Waals surface area contributed by atoms with Crippen molar-refractivity contribution in [3.63, 3.8) is 0 Å². The number of hydrogen-bond donors (Lipinski definition) is 1. The fraction of sp³-hybridized carbons (Fsp3) is 0.812. The van der Waals surface area contributed by atoms with E-state index in [1.165, 1.54) is 6.08 Å². The molecule has 2 nitrogen and oxygen atoms in total. The summed E-state index contributed by atoms with van der Waals surface area (Å²) in [5, 5.41) is 10.2. The summed E-state index contributed by atoms with van der Waals surface area (Å²) in [6.45, 7) is 12.3. The van der Waals surface area contributed by atoms with Crippen LogP contribution in [-0.2, 0) is 4.79 Å². The summed E-state index contributed by atoms with van der Waals surface area (Å²) >= 11 is 0. The highest BCUT2D eigenvalue weighted by atomic mass is 16.3. The third kappa shape index (κ3) is 3.37. The second-order valence-electron chi connectivity index (χ2n) is 5.50. The van der Waals surface area contributed by atoms with Crippen LogP contribution in [0.25, 0.3) is 0 Å². The summed E-state index contributed by atoms with van der Waals surface area (Å²) in [7, 11) is 0. The third-order valence-electron chi connectivity index (χ3n) is 5.00. The lowest BCUT2D eigenvalue weighted by molar-refractivity contribution is -0.124. The normalized spacial score (nSPS) is 13.8. The van der Waals surface area contributed by atoms with Crippen molar-refractivity contribution in [2.45, 2.75) is 73.6 Å². The van der Waals surface area contributed by atoms with Crippen LogP contribution in [0.5, 0.6) is 0 Å². The zero-order chi connectivity index (χ0) is 14.4. The molecule has 1 N–H and O–H groups in total. The zero-order valence-corrected chi connectivity index (χ0v) is 13.0. The average molecular weight is 254 g/mol. The van der Waals surface area contributed by atoms with Gasteiger partial charge in [-0.05, 0) is 32.1 Å². The quantitative estimate of drug-likeness (QED) is 0.486. The minimum atomic E-state index is -0.295. The third-order valence-corrected chi connectivity index (χ3v) is 5.00. The Hall–Kier alpha value is -0.790. The molecule has 0 aliphatic rings. The van der Waals surface area contributed by atoms with Crippen molar-refractivity contribution >= 4 is 5.78 Å². The highest BCUT2D eigenvalue weighted by Gasteiger charge is 2.33. The molecule has 0 aromatic heterocycles. The molecule has 0 atom stereocenters. The fourth-order valence-corrected chi connectivity index (χ4v) is 2.34. The zero-order valence-electron chi connectivity index (χ0n) is 13.0. The predicted octanol–water partition coefficient (Wildman–Crippen LogP) is 5.04. The summed E-state index contributed by atoms with van der Waals surface area (Å²) in [5.74, 6) is 0.331. The fourth-order valence-electron chi connectivity index (χ4n) is 2.34. The van der Waals surface area contributed by atoms with Crippen LogP contribution in [0.3, 0.4) is 0 Å². The predicted molar refractivity (Wildman–Crippen MR) is 77.7 cm³/mol. The second kappa shape index (κ2) is 6.96. The van der Waals surface area contributed by atoms with Gasteiger partial charge in [0.2, 0.25) is 0 Å². The van der Waals surface area contributed by atoms with Gasteiger partial charge in [0.15, 0.2) is 5.78 Å². The molecule has 0 radical (unpaired) electrons. The maximum Gasteiger partial charge on any atom is 0.165 e. The van der Waals surface area contributed by atoms with Crippen LogP contribution >= 0.6 is 0 Å². The molecule has 0 bridgehead atoms. The van der Waals surface area contributed by atoms with Gasteiger partial charge >= 0.3 is 0 Å². The minimum absolute atomic E-state index is 0.0839. The Kier molecular flexibility index (Phi) is 6.66. The molecule has 106 valence electrons. The molecule has 0 spiro atoms. The van der Waals surface area contributed by atoms with Gasteiger partial charge in [-0.2, -0.15) is 0 Å². The van der Waals surface area contributed by atoms with E-state index in [2.05, 4.69) is 20.8 Å². The van der Waals surface area contributed by atoms with E-state index >= 15 is 0 Å². The first-order valence-corrected chi connectivity index (χ1v) is 7.31. The minimum Gasteiger partial charge on any atom is -0.512 e. The monoisotopic (exact) mass is 254 g/mol. The highest BCUT2D eigenvalue weighted by Crippen LogP contribution is 2.36. The molecule has 0 saturated carbocycles. The van der Waals surface area contributed by atoms with Gasteiger partial charge in [-0.25, -0.2) is 0 Å². The lowest BCUT2D eigenvalue weighted by Crippen LogP contribution is -2.29. The summed E-state index contributed by atoms with van der Waals surface area (Å²) in [4.78, 5) is 12.4. The summed E-state index contributed by atoms with van der Waals surface area (Å²) in [5.41, 5.74) is -0.563. The van der Waals surface area contributed by atoms with Crippen molar-refractivity contribution in [1.82, 2.24) is 0 Å². The van der Waals surface area contributed by atoms with E-state index in [0.717, 1.165) is 32.1 Å². The molecule has 0 aromatic rings. The van der Waals surface area contributed by atoms with E-state index in [1.807, 2.05) is 20.8 Å². The van der Waals surface area contributed by atoms with Crippen LogP contribution in [0.4, 0.5) is 0 Å². The first-order chi connectivity index (χ1) is 8.35. The molecule has 0 amide bonds. The Morgan fingerprint density at radius 2 is 1.33 bits per heavy atom. The summed E-state index contributed by atoms with van der Waals surface area (Å²) in [6, 6.07) is 0. The highest BCUT2D eigenvalue weighted by molar-refractivity contribution is 5.95. The Bertz CT molecular complexity index is 286. The number of aliphatic hydroxyl groups is 1. The number of ketones is 1. The molecule has 0 aliphatic carbocycles. The van der Waals surface area contributed by atoms with Gasteiger partial charge in [-0.15, -0.1) is 0 Å². The molecule has 0 aliphatic heterocycles. The number of aliphatic hydroxyl groups excluding tert-OH is 1. The van der Waals surface area contributed by atoms with Gasteiger partial charge in [0.25, 0.3) is 0 Å². The smallest absolute Gasteiger partial charge is 0.165 e. The van der Waals surface area contributed by atoms with Crippen molar-refractivity contribution in [2.24, 2.45) is 10.8 Å². The van der Waals surface area contributed by atoms with Crippen molar-refractivity contribution in [1.29, 1.82) is 0 Å². The molecule has 0 rings (SSSR count). The van der Waals surface area contributed by atoms with Gasteiger partial charge in [0.05, 0.1) is 0 Å². The Morgan fingerprint density at radius 3 is 1.61 bits per heavy atom. The molecule has 0 heterocycles. The SMILES string of the molecule is CCC(CC)(CC)C(=O)/C=C(\O)C(C)(CC)CC. The van der Waals surface area contributed by atoms with Crippen molar-refractivity contribution < 1.29 is 9.90 Å².